The molecule has 0 N–H and O–H groups in total. The summed E-state index contributed by atoms with van der Waals surface area (Å²) in [4.78, 5) is 19.7. The lowest BCUT2D eigenvalue weighted by Gasteiger charge is -2.11. The summed E-state index contributed by atoms with van der Waals surface area (Å²) in [6.45, 7) is 3.64. The molecule has 19 heavy (non-hydrogen) atoms. The Hall–Kier alpha value is -2.36. The molecule has 1 aromatic carbocycles. The van der Waals surface area contributed by atoms with Gasteiger partial charge in [0.25, 0.3) is 5.91 Å². The largest absolute Gasteiger partial charge is 0.378 e. The molecule has 0 unspecified atom stereocenters. The van der Waals surface area contributed by atoms with Crippen LogP contribution >= 0.6 is 0 Å². The molecule has 1 amide bonds. The molecule has 0 saturated heterocycles. The number of nitrogens with zero attached hydrogens (tertiary/aromatic N) is 3. The average molecular weight is 255 g/mol. The minimum atomic E-state index is -0.105. The number of likely N-dealkylation sites (N-methyl/N-ethyl adjacent to an activating group) is 1. The Balaban J connectivity index is 2.29. The molecule has 0 spiro atoms. The molecular formula is C15H17N3O. The zero-order valence-electron chi connectivity index (χ0n) is 11.4. The highest BCUT2D eigenvalue weighted by molar-refractivity contribution is 6.17. The van der Waals surface area contributed by atoms with Crippen molar-refractivity contribution < 1.29 is 4.79 Å². The Morgan fingerprint density at radius 1 is 1.26 bits per heavy atom. The zero-order chi connectivity index (χ0) is 14.0. The summed E-state index contributed by atoms with van der Waals surface area (Å²) in [6, 6.07) is 7.95. The number of aliphatic imine (C=N–C) groups is 1. The van der Waals surface area contributed by atoms with Crippen LogP contribution in [0, 0.1) is 0 Å². The fraction of sp³-hybridized carbons (Fsp3) is 0.200. The molecule has 0 aromatic heterocycles. The Labute approximate surface area is 113 Å². The molecule has 1 aliphatic heterocycles. The lowest BCUT2D eigenvalue weighted by atomic mass is 10.1. The maximum absolute atomic E-state index is 11.9. The van der Waals surface area contributed by atoms with Gasteiger partial charge in [-0.2, -0.15) is 0 Å². The summed E-state index contributed by atoms with van der Waals surface area (Å²) in [5.41, 5.74) is 2.51. The summed E-state index contributed by atoms with van der Waals surface area (Å²) in [5.74, 6) is 0.479. The molecule has 4 heteroatoms. The van der Waals surface area contributed by atoms with E-state index in [-0.39, 0.29) is 5.91 Å². The number of amides is 1. The molecule has 2 rings (SSSR count). The van der Waals surface area contributed by atoms with Gasteiger partial charge in [-0.25, -0.2) is 4.99 Å². The molecule has 0 atom stereocenters. The van der Waals surface area contributed by atoms with Crippen molar-refractivity contribution in [2.24, 2.45) is 4.99 Å². The second-order valence-electron chi connectivity index (χ2n) is 4.55. The highest BCUT2D eigenvalue weighted by atomic mass is 16.2. The van der Waals surface area contributed by atoms with Crippen LogP contribution in [0.25, 0.3) is 6.08 Å². The number of anilines is 1. The highest BCUT2D eigenvalue weighted by Gasteiger charge is 2.24. The van der Waals surface area contributed by atoms with Crippen LogP contribution in [0.4, 0.5) is 5.69 Å². The molecule has 0 radical (unpaired) electrons. The molecule has 1 aromatic rings. The van der Waals surface area contributed by atoms with Gasteiger partial charge >= 0.3 is 0 Å². The van der Waals surface area contributed by atoms with Gasteiger partial charge in [0, 0.05) is 26.8 Å². The van der Waals surface area contributed by atoms with E-state index in [1.165, 1.54) is 4.90 Å². The third-order valence-electron chi connectivity index (χ3n) is 3.00. The van der Waals surface area contributed by atoms with Gasteiger partial charge < -0.3 is 4.90 Å². The van der Waals surface area contributed by atoms with E-state index < -0.39 is 0 Å². The molecule has 98 valence electrons. The van der Waals surface area contributed by atoms with Gasteiger partial charge in [-0.15, -0.1) is 0 Å². The number of benzene rings is 1. The van der Waals surface area contributed by atoms with Gasteiger partial charge in [-0.05, 0) is 29.8 Å². The van der Waals surface area contributed by atoms with E-state index in [9.17, 15) is 4.79 Å². The average Bonchev–Trinajstić information content (AvgIpc) is 2.67. The third kappa shape index (κ3) is 2.57. The van der Waals surface area contributed by atoms with Crippen molar-refractivity contribution >= 4 is 23.5 Å². The van der Waals surface area contributed by atoms with Gasteiger partial charge in [-0.1, -0.05) is 18.7 Å². The smallest absolute Gasteiger partial charge is 0.277 e. The summed E-state index contributed by atoms with van der Waals surface area (Å²) >= 11 is 0. The highest BCUT2D eigenvalue weighted by Crippen LogP contribution is 2.19. The Morgan fingerprint density at radius 3 is 2.37 bits per heavy atom. The molecule has 0 saturated carbocycles. The standard InChI is InChI=1S/C15H17N3O/c1-5-14-16-13(15(19)18(14)4)10-11-6-8-12(9-7-11)17(2)3/h5-10H,1H2,2-4H3/b13-10-. The first-order valence-corrected chi connectivity index (χ1v) is 6.01. The number of carbonyl (C=O) groups excluding carboxylic acids is 1. The first-order chi connectivity index (χ1) is 9.02. The summed E-state index contributed by atoms with van der Waals surface area (Å²) < 4.78 is 0. The predicted molar refractivity (Wildman–Crippen MR) is 79.1 cm³/mol. The third-order valence-corrected chi connectivity index (χ3v) is 3.00. The van der Waals surface area contributed by atoms with Crippen LogP contribution in [0.2, 0.25) is 0 Å². The topological polar surface area (TPSA) is 35.9 Å². The Kier molecular flexibility index (Phi) is 3.51. The van der Waals surface area contributed by atoms with Crippen molar-refractivity contribution in [3.05, 3.63) is 48.2 Å². The predicted octanol–water partition coefficient (Wildman–Crippen LogP) is 2.15. The normalized spacial score (nSPS) is 16.8. The van der Waals surface area contributed by atoms with Crippen LogP contribution in [0.15, 0.2) is 47.6 Å². The molecule has 1 heterocycles. The first-order valence-electron chi connectivity index (χ1n) is 6.01. The maximum Gasteiger partial charge on any atom is 0.277 e. The van der Waals surface area contributed by atoms with Gasteiger partial charge in [0.05, 0.1) is 0 Å². The molecule has 0 fully saturated rings. The van der Waals surface area contributed by atoms with E-state index >= 15 is 0 Å². The minimum absolute atomic E-state index is 0.105. The van der Waals surface area contributed by atoms with Gasteiger partial charge in [-0.3, -0.25) is 9.69 Å². The fourth-order valence-electron chi connectivity index (χ4n) is 1.83. The van der Waals surface area contributed by atoms with Crippen LogP contribution in [0.3, 0.4) is 0 Å². The monoisotopic (exact) mass is 255 g/mol. The van der Waals surface area contributed by atoms with E-state index in [0.717, 1.165) is 11.3 Å². The number of hydrogen-bond donors (Lipinski definition) is 0. The van der Waals surface area contributed by atoms with Crippen molar-refractivity contribution in [1.82, 2.24) is 4.90 Å². The van der Waals surface area contributed by atoms with Crippen molar-refractivity contribution in [2.75, 3.05) is 26.0 Å². The summed E-state index contributed by atoms with van der Waals surface area (Å²) in [6.07, 6.45) is 3.36. The van der Waals surface area contributed by atoms with Crippen LogP contribution in [0.5, 0.6) is 0 Å². The quantitative estimate of drug-likeness (QED) is 0.776. The van der Waals surface area contributed by atoms with Crippen molar-refractivity contribution in [2.45, 2.75) is 0 Å². The Morgan fingerprint density at radius 2 is 1.89 bits per heavy atom. The van der Waals surface area contributed by atoms with E-state index in [4.69, 9.17) is 0 Å². The number of amidine groups is 1. The molecule has 0 bridgehead atoms. The van der Waals surface area contributed by atoms with E-state index in [1.807, 2.05) is 43.3 Å². The molecular weight excluding hydrogens is 238 g/mol. The van der Waals surface area contributed by atoms with Gasteiger partial charge in [0.1, 0.15) is 11.5 Å². The maximum atomic E-state index is 11.9. The minimum Gasteiger partial charge on any atom is -0.378 e. The van der Waals surface area contributed by atoms with E-state index in [1.54, 1.807) is 19.2 Å². The van der Waals surface area contributed by atoms with Crippen molar-refractivity contribution in [3.8, 4) is 0 Å². The lowest BCUT2D eigenvalue weighted by Crippen LogP contribution is -2.25. The van der Waals surface area contributed by atoms with Crippen molar-refractivity contribution in [3.63, 3.8) is 0 Å². The van der Waals surface area contributed by atoms with Crippen LogP contribution in [-0.4, -0.2) is 37.8 Å². The van der Waals surface area contributed by atoms with Crippen LogP contribution in [-0.2, 0) is 4.79 Å². The van der Waals surface area contributed by atoms with Gasteiger partial charge in [0.2, 0.25) is 0 Å². The first kappa shape index (κ1) is 13.1. The second-order valence-corrected chi connectivity index (χ2v) is 4.55. The SMILES string of the molecule is C=CC1=N/C(=C\c2ccc(N(C)C)cc2)C(=O)N1C. The second kappa shape index (κ2) is 5.10. The molecule has 0 aliphatic carbocycles. The molecule has 4 nitrogen and oxygen atoms in total. The van der Waals surface area contributed by atoms with Crippen LogP contribution < -0.4 is 4.90 Å². The van der Waals surface area contributed by atoms with Gasteiger partial charge in [0.15, 0.2) is 0 Å². The zero-order valence-corrected chi connectivity index (χ0v) is 11.4. The summed E-state index contributed by atoms with van der Waals surface area (Å²) in [7, 11) is 5.67. The lowest BCUT2D eigenvalue weighted by molar-refractivity contribution is -0.121. The van der Waals surface area contributed by atoms with Crippen molar-refractivity contribution in [1.29, 1.82) is 0 Å². The van der Waals surface area contributed by atoms with E-state index in [2.05, 4.69) is 11.6 Å². The number of carbonyl (C=O) groups is 1. The number of rotatable bonds is 3. The molecule has 1 aliphatic rings. The van der Waals surface area contributed by atoms with E-state index in [0.29, 0.717) is 11.5 Å². The Bertz CT molecular complexity index is 568. The van der Waals surface area contributed by atoms with Crippen LogP contribution in [0.1, 0.15) is 5.56 Å². The number of hydrogen-bond acceptors (Lipinski definition) is 3. The summed E-state index contributed by atoms with van der Waals surface area (Å²) in [5, 5.41) is 0. The fourth-order valence-corrected chi connectivity index (χ4v) is 1.83.